The predicted octanol–water partition coefficient (Wildman–Crippen LogP) is 4.45. The van der Waals surface area contributed by atoms with E-state index in [2.05, 4.69) is 56.4 Å². The van der Waals surface area contributed by atoms with E-state index < -0.39 is 5.60 Å². The Labute approximate surface area is 124 Å². The molecule has 2 heteroatoms. The van der Waals surface area contributed by atoms with Gasteiger partial charge in [-0.3, -0.25) is 0 Å². The lowest BCUT2D eigenvalue weighted by Crippen LogP contribution is -2.41. The molecule has 2 nitrogen and oxygen atoms in total. The van der Waals surface area contributed by atoms with Crippen molar-refractivity contribution < 1.29 is 5.11 Å². The lowest BCUT2D eigenvalue weighted by Gasteiger charge is -2.29. The van der Waals surface area contributed by atoms with Gasteiger partial charge in [-0.1, -0.05) is 70.4 Å². The number of aliphatic hydroxyl groups is 1. The van der Waals surface area contributed by atoms with E-state index in [-0.39, 0.29) is 0 Å². The first-order chi connectivity index (χ1) is 9.65. The fourth-order valence-electron chi connectivity index (χ4n) is 2.48. The molecule has 0 heterocycles. The molecule has 2 N–H and O–H groups in total. The molecule has 0 aliphatic heterocycles. The minimum absolute atomic E-state index is 0.354. The number of hydrogen-bond donors (Lipinski definition) is 2. The second kappa shape index (κ2) is 9.15. The maximum atomic E-state index is 10.4. The lowest BCUT2D eigenvalue weighted by atomic mass is 9.95. The van der Waals surface area contributed by atoms with E-state index in [1.165, 1.54) is 24.8 Å². The molecular weight excluding hydrogens is 246 g/mol. The summed E-state index contributed by atoms with van der Waals surface area (Å²) in [7, 11) is 0. The average molecular weight is 277 g/mol. The van der Waals surface area contributed by atoms with Gasteiger partial charge < -0.3 is 10.4 Å². The summed E-state index contributed by atoms with van der Waals surface area (Å²) in [6, 6.07) is 11.0. The number of unbranched alkanes of at least 4 members (excludes halogenated alkanes) is 2. The quantitative estimate of drug-likeness (QED) is 0.619. The minimum Gasteiger partial charge on any atom is -0.389 e. The first-order valence-corrected chi connectivity index (χ1v) is 8.16. The number of hydrogen-bond acceptors (Lipinski definition) is 2. The van der Waals surface area contributed by atoms with Gasteiger partial charge >= 0.3 is 0 Å². The number of rotatable bonds is 10. The highest BCUT2D eigenvalue weighted by Gasteiger charge is 2.23. The molecule has 0 spiro atoms. The second-order valence-corrected chi connectivity index (χ2v) is 5.77. The molecule has 0 fully saturated rings. The van der Waals surface area contributed by atoms with Gasteiger partial charge in [0.1, 0.15) is 0 Å². The average Bonchev–Trinajstić information content (AvgIpc) is 2.51. The van der Waals surface area contributed by atoms with Gasteiger partial charge in [-0.15, -0.1) is 0 Å². The van der Waals surface area contributed by atoms with Gasteiger partial charge in [-0.2, -0.15) is 0 Å². The highest BCUT2D eigenvalue weighted by molar-refractivity contribution is 5.18. The van der Waals surface area contributed by atoms with Crippen LogP contribution in [-0.2, 0) is 0 Å². The van der Waals surface area contributed by atoms with Crippen molar-refractivity contribution in [3.8, 4) is 0 Å². The first-order valence-electron chi connectivity index (χ1n) is 8.16. The Kier molecular flexibility index (Phi) is 7.86. The van der Waals surface area contributed by atoms with E-state index in [1.807, 2.05) is 0 Å². The van der Waals surface area contributed by atoms with Crippen molar-refractivity contribution in [2.75, 3.05) is 6.54 Å². The standard InChI is InChI=1S/C18H31NO/c1-4-7-9-14-17(16-12-10-8-11-13-16)19-15-18(20,5-2)6-3/h8,10-13,17,19-20H,4-7,9,14-15H2,1-3H3. The molecule has 1 aromatic rings. The summed E-state index contributed by atoms with van der Waals surface area (Å²) in [6.45, 7) is 7.02. The van der Waals surface area contributed by atoms with Gasteiger partial charge in [0.25, 0.3) is 0 Å². The maximum Gasteiger partial charge on any atom is 0.0766 e. The van der Waals surface area contributed by atoms with Crippen LogP contribution in [0.1, 0.15) is 70.9 Å². The molecule has 0 saturated carbocycles. The van der Waals surface area contributed by atoms with E-state index in [0.29, 0.717) is 12.6 Å². The molecule has 114 valence electrons. The Morgan fingerprint density at radius 1 is 1.05 bits per heavy atom. The zero-order chi connectivity index (χ0) is 14.8. The maximum absolute atomic E-state index is 10.4. The fraction of sp³-hybridized carbons (Fsp3) is 0.667. The Morgan fingerprint density at radius 2 is 1.70 bits per heavy atom. The molecular formula is C18H31NO. The molecule has 0 bridgehead atoms. The molecule has 0 aromatic heterocycles. The number of benzene rings is 1. The monoisotopic (exact) mass is 277 g/mol. The molecule has 1 aromatic carbocycles. The summed E-state index contributed by atoms with van der Waals surface area (Å²) in [5, 5.41) is 14.0. The summed E-state index contributed by atoms with van der Waals surface area (Å²) in [4.78, 5) is 0. The smallest absolute Gasteiger partial charge is 0.0766 e. The third-order valence-corrected chi connectivity index (χ3v) is 4.29. The minimum atomic E-state index is -0.572. The normalized spacial score (nSPS) is 13.4. The van der Waals surface area contributed by atoms with Gasteiger partial charge in [0, 0.05) is 12.6 Å². The zero-order valence-corrected chi connectivity index (χ0v) is 13.4. The van der Waals surface area contributed by atoms with E-state index in [4.69, 9.17) is 0 Å². The molecule has 0 saturated heterocycles. The van der Waals surface area contributed by atoms with E-state index >= 15 is 0 Å². The Bertz CT molecular complexity index is 346. The molecule has 1 unspecified atom stereocenters. The van der Waals surface area contributed by atoms with Gasteiger partial charge in [-0.05, 0) is 24.8 Å². The van der Waals surface area contributed by atoms with E-state index in [0.717, 1.165) is 19.3 Å². The van der Waals surface area contributed by atoms with E-state index in [1.54, 1.807) is 0 Å². The van der Waals surface area contributed by atoms with Gasteiger partial charge in [0.15, 0.2) is 0 Å². The molecule has 0 aliphatic carbocycles. The van der Waals surface area contributed by atoms with Crippen molar-refractivity contribution in [2.45, 2.75) is 70.9 Å². The highest BCUT2D eigenvalue weighted by atomic mass is 16.3. The van der Waals surface area contributed by atoms with Crippen molar-refractivity contribution in [1.82, 2.24) is 5.32 Å². The predicted molar refractivity (Wildman–Crippen MR) is 86.9 cm³/mol. The molecule has 20 heavy (non-hydrogen) atoms. The lowest BCUT2D eigenvalue weighted by molar-refractivity contribution is 0.0294. The van der Waals surface area contributed by atoms with Gasteiger partial charge in [0.2, 0.25) is 0 Å². The number of nitrogens with one attached hydrogen (secondary N) is 1. The summed E-state index contributed by atoms with van der Waals surface area (Å²) in [5.74, 6) is 0. The summed E-state index contributed by atoms with van der Waals surface area (Å²) >= 11 is 0. The van der Waals surface area contributed by atoms with Crippen LogP contribution in [0.4, 0.5) is 0 Å². The second-order valence-electron chi connectivity index (χ2n) is 5.77. The fourth-order valence-corrected chi connectivity index (χ4v) is 2.48. The SMILES string of the molecule is CCCCCC(NCC(O)(CC)CC)c1ccccc1. The van der Waals surface area contributed by atoms with Crippen LogP contribution in [0.2, 0.25) is 0 Å². The van der Waals surface area contributed by atoms with Crippen LogP contribution < -0.4 is 5.32 Å². The van der Waals surface area contributed by atoms with E-state index in [9.17, 15) is 5.11 Å². The Balaban J connectivity index is 2.63. The third-order valence-electron chi connectivity index (χ3n) is 4.29. The van der Waals surface area contributed by atoms with Crippen LogP contribution in [-0.4, -0.2) is 17.3 Å². The van der Waals surface area contributed by atoms with Crippen LogP contribution in [0.15, 0.2) is 30.3 Å². The summed E-state index contributed by atoms with van der Waals surface area (Å²) in [5.41, 5.74) is 0.760. The van der Waals surface area contributed by atoms with Crippen LogP contribution >= 0.6 is 0 Å². The Hall–Kier alpha value is -0.860. The topological polar surface area (TPSA) is 32.3 Å². The summed E-state index contributed by atoms with van der Waals surface area (Å²) < 4.78 is 0. The largest absolute Gasteiger partial charge is 0.389 e. The van der Waals surface area contributed by atoms with Crippen LogP contribution in [0.25, 0.3) is 0 Å². The van der Waals surface area contributed by atoms with Crippen molar-refractivity contribution >= 4 is 0 Å². The zero-order valence-electron chi connectivity index (χ0n) is 13.4. The van der Waals surface area contributed by atoms with Crippen LogP contribution in [0.5, 0.6) is 0 Å². The first kappa shape index (κ1) is 17.2. The molecule has 0 aliphatic rings. The third kappa shape index (κ3) is 5.64. The molecule has 0 radical (unpaired) electrons. The van der Waals surface area contributed by atoms with Crippen molar-refractivity contribution in [1.29, 1.82) is 0 Å². The summed E-state index contributed by atoms with van der Waals surface area (Å²) in [6.07, 6.45) is 6.49. The van der Waals surface area contributed by atoms with Crippen LogP contribution in [0, 0.1) is 0 Å². The molecule has 1 atom stereocenters. The molecule has 1 rings (SSSR count). The van der Waals surface area contributed by atoms with Crippen molar-refractivity contribution in [3.63, 3.8) is 0 Å². The van der Waals surface area contributed by atoms with Crippen molar-refractivity contribution in [3.05, 3.63) is 35.9 Å². The highest BCUT2D eigenvalue weighted by Crippen LogP contribution is 2.22. The van der Waals surface area contributed by atoms with Crippen LogP contribution in [0.3, 0.4) is 0 Å². The molecule has 0 amide bonds. The Morgan fingerprint density at radius 3 is 2.25 bits per heavy atom. The van der Waals surface area contributed by atoms with Crippen molar-refractivity contribution in [2.24, 2.45) is 0 Å². The van der Waals surface area contributed by atoms with Gasteiger partial charge in [0.05, 0.1) is 5.60 Å². The van der Waals surface area contributed by atoms with Gasteiger partial charge in [-0.25, -0.2) is 0 Å².